The Hall–Kier alpha value is -1.26. The second-order valence-corrected chi connectivity index (χ2v) is 6.57. The number of hydrogen-bond acceptors (Lipinski definition) is 3. The summed E-state index contributed by atoms with van der Waals surface area (Å²) in [6.45, 7) is 6.74. The molecule has 0 aromatic heterocycles. The normalized spacial score (nSPS) is 22.8. The Balaban J connectivity index is 0.00000192. The average Bonchev–Trinajstić information content (AvgIpc) is 3.22. The average molecular weight is 339 g/mol. The summed E-state index contributed by atoms with van der Waals surface area (Å²) in [6.07, 6.45) is 3.32. The molecule has 2 N–H and O–H groups in total. The molecule has 2 unspecified atom stereocenters. The van der Waals surface area contributed by atoms with Gasteiger partial charge in [-0.1, -0.05) is 18.2 Å². The number of amides is 1. The topological polar surface area (TPSA) is 50.4 Å². The third kappa shape index (κ3) is 3.81. The second kappa shape index (κ2) is 7.54. The molecular formula is C18H27ClN2O2. The zero-order valence-corrected chi connectivity index (χ0v) is 14.7. The molecule has 1 heterocycles. The lowest BCUT2D eigenvalue weighted by atomic mass is 9.91. The number of piperidine rings is 1. The molecule has 1 saturated carbocycles. The number of hydrogen-bond donors (Lipinski definition) is 2. The predicted molar refractivity (Wildman–Crippen MR) is 94.1 cm³/mol. The molecule has 1 spiro atoms. The molecule has 1 aromatic rings. The second-order valence-electron chi connectivity index (χ2n) is 6.57. The minimum Gasteiger partial charge on any atom is -0.494 e. The Labute approximate surface area is 144 Å². The fourth-order valence-electron chi connectivity index (χ4n) is 3.71. The third-order valence-corrected chi connectivity index (χ3v) is 5.15. The van der Waals surface area contributed by atoms with Gasteiger partial charge in [0, 0.05) is 11.5 Å². The molecule has 1 amide bonds. The summed E-state index contributed by atoms with van der Waals surface area (Å²) in [4.78, 5) is 12.6. The molecule has 3 rings (SSSR count). The molecule has 2 atom stereocenters. The maximum atomic E-state index is 12.6. The summed E-state index contributed by atoms with van der Waals surface area (Å²) in [5, 5.41) is 6.57. The number of carbonyl (C=O) groups excluding carboxylic acids is 1. The van der Waals surface area contributed by atoms with Crippen LogP contribution in [0.15, 0.2) is 24.3 Å². The monoisotopic (exact) mass is 338 g/mol. The number of rotatable bonds is 5. The van der Waals surface area contributed by atoms with Gasteiger partial charge >= 0.3 is 0 Å². The van der Waals surface area contributed by atoms with Gasteiger partial charge in [0.2, 0.25) is 5.91 Å². The van der Waals surface area contributed by atoms with E-state index in [0.29, 0.717) is 6.61 Å². The van der Waals surface area contributed by atoms with Gasteiger partial charge in [0.05, 0.1) is 12.6 Å². The number of ether oxygens (including phenoxy) is 1. The molecule has 1 aliphatic heterocycles. The van der Waals surface area contributed by atoms with Crippen LogP contribution in [0.4, 0.5) is 0 Å². The van der Waals surface area contributed by atoms with Gasteiger partial charge in [0.1, 0.15) is 5.75 Å². The van der Waals surface area contributed by atoms with Crippen LogP contribution in [0, 0.1) is 11.3 Å². The van der Waals surface area contributed by atoms with Crippen molar-refractivity contribution < 1.29 is 9.53 Å². The summed E-state index contributed by atoms with van der Waals surface area (Å²) in [7, 11) is 0. The molecule has 5 heteroatoms. The Bertz CT molecular complexity index is 544. The predicted octanol–water partition coefficient (Wildman–Crippen LogP) is 3.07. The first-order valence-electron chi connectivity index (χ1n) is 8.39. The van der Waals surface area contributed by atoms with E-state index >= 15 is 0 Å². The number of halogens is 1. The van der Waals surface area contributed by atoms with E-state index in [9.17, 15) is 4.79 Å². The van der Waals surface area contributed by atoms with Crippen LogP contribution in [0.1, 0.15) is 44.7 Å². The van der Waals surface area contributed by atoms with Crippen LogP contribution in [-0.4, -0.2) is 25.6 Å². The quantitative estimate of drug-likeness (QED) is 0.867. The first kappa shape index (κ1) is 18.1. The van der Waals surface area contributed by atoms with Crippen LogP contribution in [0.5, 0.6) is 5.75 Å². The fourth-order valence-corrected chi connectivity index (χ4v) is 3.71. The summed E-state index contributed by atoms with van der Waals surface area (Å²) in [5.74, 6) is 1.28. The summed E-state index contributed by atoms with van der Waals surface area (Å²) in [6, 6.07) is 7.94. The van der Waals surface area contributed by atoms with E-state index < -0.39 is 0 Å². The van der Waals surface area contributed by atoms with Crippen molar-refractivity contribution in [3.8, 4) is 5.75 Å². The Kier molecular flexibility index (Phi) is 5.93. The van der Waals surface area contributed by atoms with Crippen molar-refractivity contribution in [2.75, 3.05) is 19.7 Å². The van der Waals surface area contributed by atoms with Gasteiger partial charge in [-0.25, -0.2) is 0 Å². The fraction of sp³-hybridized carbons (Fsp3) is 0.611. The van der Waals surface area contributed by atoms with Crippen molar-refractivity contribution in [3.63, 3.8) is 0 Å². The van der Waals surface area contributed by atoms with Crippen LogP contribution >= 0.6 is 12.4 Å². The zero-order chi connectivity index (χ0) is 15.6. The Morgan fingerprint density at radius 1 is 1.39 bits per heavy atom. The van der Waals surface area contributed by atoms with Gasteiger partial charge in [-0.05, 0) is 57.7 Å². The minimum absolute atomic E-state index is 0. The Morgan fingerprint density at radius 3 is 2.78 bits per heavy atom. The number of para-hydroxylation sites is 1. The van der Waals surface area contributed by atoms with Gasteiger partial charge in [-0.15, -0.1) is 12.4 Å². The van der Waals surface area contributed by atoms with E-state index in [1.54, 1.807) is 0 Å². The summed E-state index contributed by atoms with van der Waals surface area (Å²) in [5.41, 5.74) is 1.34. The van der Waals surface area contributed by atoms with E-state index in [2.05, 4.69) is 10.6 Å². The van der Waals surface area contributed by atoms with E-state index in [1.807, 2.05) is 38.1 Å². The van der Waals surface area contributed by atoms with Gasteiger partial charge in [-0.3, -0.25) is 4.79 Å². The number of benzene rings is 1. The van der Waals surface area contributed by atoms with Crippen molar-refractivity contribution in [1.29, 1.82) is 0 Å². The highest BCUT2D eigenvalue weighted by atomic mass is 35.5. The molecule has 1 saturated heterocycles. The SMILES string of the molecule is CCOc1ccccc1C(C)NC(=O)C1CC12CCNCC2.Cl. The lowest BCUT2D eigenvalue weighted by Crippen LogP contribution is -2.34. The highest BCUT2D eigenvalue weighted by Gasteiger charge is 2.57. The zero-order valence-electron chi connectivity index (χ0n) is 13.9. The van der Waals surface area contributed by atoms with E-state index in [0.717, 1.165) is 43.7 Å². The molecule has 1 aliphatic carbocycles. The van der Waals surface area contributed by atoms with Crippen molar-refractivity contribution >= 4 is 18.3 Å². The molecule has 2 fully saturated rings. The van der Waals surface area contributed by atoms with Gasteiger partial charge in [-0.2, -0.15) is 0 Å². The van der Waals surface area contributed by atoms with Crippen LogP contribution in [-0.2, 0) is 4.79 Å². The highest BCUT2D eigenvalue weighted by molar-refractivity contribution is 5.85. The lowest BCUT2D eigenvalue weighted by Gasteiger charge is -2.24. The van der Waals surface area contributed by atoms with Crippen molar-refractivity contribution in [2.24, 2.45) is 11.3 Å². The molecule has 0 bridgehead atoms. The summed E-state index contributed by atoms with van der Waals surface area (Å²) < 4.78 is 5.67. The van der Waals surface area contributed by atoms with Crippen molar-refractivity contribution in [3.05, 3.63) is 29.8 Å². The highest BCUT2D eigenvalue weighted by Crippen LogP contribution is 2.58. The first-order chi connectivity index (χ1) is 10.7. The van der Waals surface area contributed by atoms with Gasteiger partial charge in [0.25, 0.3) is 0 Å². The Morgan fingerprint density at radius 2 is 2.09 bits per heavy atom. The van der Waals surface area contributed by atoms with Crippen LogP contribution in [0.2, 0.25) is 0 Å². The maximum Gasteiger partial charge on any atom is 0.224 e. The standard InChI is InChI=1S/C18H26N2O2.ClH/c1-3-22-16-7-5-4-6-14(16)13(2)20-17(21)15-12-18(15)8-10-19-11-9-18;/h4-7,13,15,19H,3,8-12H2,1-2H3,(H,20,21);1H. The van der Waals surface area contributed by atoms with Crippen LogP contribution in [0.3, 0.4) is 0 Å². The van der Waals surface area contributed by atoms with Crippen LogP contribution < -0.4 is 15.4 Å². The molecule has 23 heavy (non-hydrogen) atoms. The molecule has 0 radical (unpaired) electrons. The molecule has 128 valence electrons. The number of nitrogens with one attached hydrogen (secondary N) is 2. The number of carbonyl (C=O) groups is 1. The van der Waals surface area contributed by atoms with Crippen molar-refractivity contribution in [2.45, 2.75) is 39.2 Å². The van der Waals surface area contributed by atoms with Crippen LogP contribution in [0.25, 0.3) is 0 Å². The minimum atomic E-state index is -0.0189. The summed E-state index contributed by atoms with van der Waals surface area (Å²) >= 11 is 0. The smallest absolute Gasteiger partial charge is 0.224 e. The van der Waals surface area contributed by atoms with E-state index in [4.69, 9.17) is 4.74 Å². The third-order valence-electron chi connectivity index (χ3n) is 5.15. The molecular weight excluding hydrogens is 312 g/mol. The molecule has 4 nitrogen and oxygen atoms in total. The van der Waals surface area contributed by atoms with Crippen molar-refractivity contribution in [1.82, 2.24) is 10.6 Å². The maximum absolute atomic E-state index is 12.6. The van der Waals surface area contributed by atoms with Gasteiger partial charge in [0.15, 0.2) is 0 Å². The lowest BCUT2D eigenvalue weighted by molar-refractivity contribution is -0.123. The van der Waals surface area contributed by atoms with E-state index in [1.165, 1.54) is 0 Å². The van der Waals surface area contributed by atoms with E-state index in [-0.39, 0.29) is 35.7 Å². The molecule has 1 aromatic carbocycles. The largest absolute Gasteiger partial charge is 0.494 e. The first-order valence-corrected chi connectivity index (χ1v) is 8.39. The molecule has 2 aliphatic rings. The van der Waals surface area contributed by atoms with Gasteiger partial charge < -0.3 is 15.4 Å².